The van der Waals surface area contributed by atoms with Gasteiger partial charge >= 0.3 is 6.09 Å². The van der Waals surface area contributed by atoms with Gasteiger partial charge in [-0.1, -0.05) is 32.0 Å². The van der Waals surface area contributed by atoms with Crippen LogP contribution in [-0.2, 0) is 14.3 Å². The molecule has 1 aromatic rings. The molecule has 2 unspecified atom stereocenters. The van der Waals surface area contributed by atoms with Gasteiger partial charge in [0.05, 0.1) is 0 Å². The number of nitrogens with one attached hydrogen (secondary N) is 2. The molecule has 196 valence electrons. The van der Waals surface area contributed by atoms with Crippen molar-refractivity contribution in [2.45, 2.75) is 118 Å². The number of hydrogen-bond acceptors (Lipinski definition) is 4. The summed E-state index contributed by atoms with van der Waals surface area (Å²) in [6.45, 7) is 19.2. The number of alkyl carbamates (subject to hydrolysis) is 1. The highest BCUT2D eigenvalue weighted by Crippen LogP contribution is 2.36. The van der Waals surface area contributed by atoms with Gasteiger partial charge in [0.15, 0.2) is 0 Å². The molecule has 3 amide bonds. The van der Waals surface area contributed by atoms with Crippen LogP contribution < -0.4 is 10.6 Å². The predicted octanol–water partition coefficient (Wildman–Crippen LogP) is 5.19. The zero-order valence-corrected chi connectivity index (χ0v) is 23.2. The summed E-state index contributed by atoms with van der Waals surface area (Å²) in [5.74, 6) is -0.315. The standard InChI is InChI=1S/C28H45N3O4/c1-17(2)15-22(29-26(34)35-28(8,9)10)25(33)31(21-13-14-21)23(24(32)30-27(5,6)7)20-12-11-18(3)19(4)16-20/h11-12,16-17,21-23H,13-15H2,1-10H3,(H,29,34)(H,30,32). The Hall–Kier alpha value is -2.57. The minimum Gasteiger partial charge on any atom is -0.444 e. The van der Waals surface area contributed by atoms with Crippen LogP contribution in [0.3, 0.4) is 0 Å². The molecule has 0 bridgehead atoms. The number of carbonyl (C=O) groups is 3. The van der Waals surface area contributed by atoms with Gasteiger partial charge in [0.2, 0.25) is 11.8 Å². The van der Waals surface area contributed by atoms with Crippen LogP contribution in [0.4, 0.5) is 4.79 Å². The van der Waals surface area contributed by atoms with Crippen LogP contribution in [0.1, 0.15) is 97.4 Å². The molecule has 0 heterocycles. The van der Waals surface area contributed by atoms with Crippen molar-refractivity contribution in [1.29, 1.82) is 0 Å². The van der Waals surface area contributed by atoms with Gasteiger partial charge in [-0.05, 0) is 97.3 Å². The van der Waals surface area contributed by atoms with Gasteiger partial charge in [0.1, 0.15) is 17.7 Å². The van der Waals surface area contributed by atoms with Crippen molar-refractivity contribution in [2.24, 2.45) is 5.92 Å². The third-order valence-corrected chi connectivity index (χ3v) is 5.76. The lowest BCUT2D eigenvalue weighted by molar-refractivity contribution is -0.144. The quantitative estimate of drug-likeness (QED) is 0.528. The van der Waals surface area contributed by atoms with Crippen LogP contribution in [0.15, 0.2) is 18.2 Å². The van der Waals surface area contributed by atoms with Crippen molar-refractivity contribution < 1.29 is 19.1 Å². The van der Waals surface area contributed by atoms with Gasteiger partial charge in [0.25, 0.3) is 0 Å². The highest BCUT2D eigenvalue weighted by molar-refractivity contribution is 5.92. The van der Waals surface area contributed by atoms with E-state index < -0.39 is 29.3 Å². The number of benzene rings is 1. The summed E-state index contributed by atoms with van der Waals surface area (Å²) in [5.41, 5.74) is 1.82. The second kappa shape index (κ2) is 11.0. The second-order valence-corrected chi connectivity index (χ2v) is 12.3. The van der Waals surface area contributed by atoms with Crippen molar-refractivity contribution in [1.82, 2.24) is 15.5 Å². The SMILES string of the molecule is Cc1ccc(C(C(=O)NC(C)(C)C)N(C(=O)C(CC(C)C)NC(=O)OC(C)(C)C)C2CC2)cc1C. The molecule has 2 rings (SSSR count). The Labute approximate surface area is 211 Å². The fourth-order valence-electron chi connectivity index (χ4n) is 4.00. The van der Waals surface area contributed by atoms with Gasteiger partial charge in [-0.3, -0.25) is 9.59 Å². The minimum absolute atomic E-state index is 0.0464. The molecule has 2 N–H and O–H groups in total. The molecule has 1 aliphatic carbocycles. The van der Waals surface area contributed by atoms with Crippen LogP contribution >= 0.6 is 0 Å². The molecule has 0 radical (unpaired) electrons. The molecule has 0 saturated heterocycles. The van der Waals surface area contributed by atoms with E-state index in [0.717, 1.165) is 29.5 Å². The molecule has 0 aliphatic heterocycles. The van der Waals surface area contributed by atoms with Crippen molar-refractivity contribution in [3.8, 4) is 0 Å². The highest BCUT2D eigenvalue weighted by Gasteiger charge is 2.44. The average molecular weight is 488 g/mol. The minimum atomic E-state index is -0.790. The molecule has 1 fully saturated rings. The van der Waals surface area contributed by atoms with E-state index in [1.165, 1.54) is 0 Å². The largest absolute Gasteiger partial charge is 0.444 e. The molecule has 1 aromatic carbocycles. The Balaban J connectivity index is 2.49. The summed E-state index contributed by atoms with van der Waals surface area (Å²) in [4.78, 5) is 42.1. The van der Waals surface area contributed by atoms with Crippen molar-refractivity contribution in [2.75, 3.05) is 0 Å². The number of rotatable bonds is 8. The third kappa shape index (κ3) is 8.86. The Kier molecular flexibility index (Phi) is 9.01. The normalized spacial score (nSPS) is 15.9. The zero-order valence-electron chi connectivity index (χ0n) is 23.2. The Bertz CT molecular complexity index is 923. The number of carbonyl (C=O) groups excluding carboxylic acids is 3. The third-order valence-electron chi connectivity index (χ3n) is 5.76. The van der Waals surface area contributed by atoms with Gasteiger partial charge in [0, 0.05) is 11.6 Å². The average Bonchev–Trinajstić information content (AvgIpc) is 3.49. The molecule has 1 saturated carbocycles. The fourth-order valence-corrected chi connectivity index (χ4v) is 4.00. The number of nitrogens with zero attached hydrogens (tertiary/aromatic N) is 1. The monoisotopic (exact) mass is 487 g/mol. The van der Waals surface area contributed by atoms with E-state index in [9.17, 15) is 14.4 Å². The van der Waals surface area contributed by atoms with Crippen molar-refractivity contribution in [3.05, 3.63) is 34.9 Å². The number of aryl methyl sites for hydroxylation is 2. The zero-order chi connectivity index (χ0) is 26.7. The van der Waals surface area contributed by atoms with E-state index >= 15 is 0 Å². The number of hydrogen-bond donors (Lipinski definition) is 2. The molecule has 0 spiro atoms. The van der Waals surface area contributed by atoms with Gasteiger partial charge in [-0.15, -0.1) is 0 Å². The first-order valence-corrected chi connectivity index (χ1v) is 12.7. The van der Waals surface area contributed by atoms with Crippen LogP contribution in [0.25, 0.3) is 0 Å². The van der Waals surface area contributed by atoms with E-state index in [1.807, 2.05) is 66.7 Å². The van der Waals surface area contributed by atoms with E-state index in [4.69, 9.17) is 4.74 Å². The first-order chi connectivity index (χ1) is 16.0. The molecule has 1 aliphatic rings. The lowest BCUT2D eigenvalue weighted by atomic mass is 9.96. The predicted molar refractivity (Wildman–Crippen MR) is 139 cm³/mol. The Morgan fingerprint density at radius 2 is 1.63 bits per heavy atom. The molecule has 0 aromatic heterocycles. The first kappa shape index (κ1) is 28.7. The molecular weight excluding hydrogens is 442 g/mol. The lowest BCUT2D eigenvalue weighted by Gasteiger charge is -2.36. The molecule has 35 heavy (non-hydrogen) atoms. The van der Waals surface area contributed by atoms with Crippen molar-refractivity contribution >= 4 is 17.9 Å². The summed E-state index contributed by atoms with van der Waals surface area (Å²) in [7, 11) is 0. The van der Waals surface area contributed by atoms with Gasteiger partial charge in [-0.2, -0.15) is 0 Å². The highest BCUT2D eigenvalue weighted by atomic mass is 16.6. The lowest BCUT2D eigenvalue weighted by Crippen LogP contribution is -2.55. The summed E-state index contributed by atoms with van der Waals surface area (Å²) in [6.07, 6.45) is 1.48. The summed E-state index contributed by atoms with van der Waals surface area (Å²) in [5, 5.41) is 5.87. The van der Waals surface area contributed by atoms with E-state index in [1.54, 1.807) is 25.7 Å². The Morgan fingerprint density at radius 1 is 1.03 bits per heavy atom. The van der Waals surface area contributed by atoms with Crippen LogP contribution in [0.2, 0.25) is 0 Å². The summed E-state index contributed by atoms with van der Waals surface area (Å²) < 4.78 is 5.44. The molecular formula is C28H45N3O4. The Morgan fingerprint density at radius 3 is 2.09 bits per heavy atom. The van der Waals surface area contributed by atoms with E-state index in [-0.39, 0.29) is 23.8 Å². The fraction of sp³-hybridized carbons (Fsp3) is 0.679. The van der Waals surface area contributed by atoms with Gasteiger partial charge < -0.3 is 20.3 Å². The smallest absolute Gasteiger partial charge is 0.408 e. The maximum Gasteiger partial charge on any atom is 0.408 e. The molecule has 2 atom stereocenters. The van der Waals surface area contributed by atoms with Crippen LogP contribution in [-0.4, -0.2) is 46.0 Å². The molecule has 7 nitrogen and oxygen atoms in total. The van der Waals surface area contributed by atoms with Gasteiger partial charge in [-0.25, -0.2) is 4.79 Å². The number of amides is 3. The topological polar surface area (TPSA) is 87.7 Å². The van der Waals surface area contributed by atoms with E-state index in [0.29, 0.717) is 6.42 Å². The number of ether oxygens (including phenoxy) is 1. The molecule has 7 heteroatoms. The maximum atomic E-state index is 14.1. The summed E-state index contributed by atoms with van der Waals surface area (Å²) in [6, 6.07) is 4.28. The second-order valence-electron chi connectivity index (χ2n) is 12.3. The first-order valence-electron chi connectivity index (χ1n) is 12.7. The van der Waals surface area contributed by atoms with E-state index in [2.05, 4.69) is 10.6 Å². The van der Waals surface area contributed by atoms with Crippen molar-refractivity contribution in [3.63, 3.8) is 0 Å². The van der Waals surface area contributed by atoms with Crippen LogP contribution in [0.5, 0.6) is 0 Å². The maximum absolute atomic E-state index is 14.1. The summed E-state index contributed by atoms with van der Waals surface area (Å²) >= 11 is 0. The van der Waals surface area contributed by atoms with Crippen LogP contribution in [0, 0.1) is 19.8 Å².